The van der Waals surface area contributed by atoms with Crippen LogP contribution in [0.25, 0.3) is 17.1 Å². The summed E-state index contributed by atoms with van der Waals surface area (Å²) in [6.45, 7) is 2.75. The highest BCUT2D eigenvalue weighted by atomic mass is 16.3. The molecule has 150 valence electrons. The molecule has 0 N–H and O–H groups in total. The van der Waals surface area contributed by atoms with E-state index in [1.165, 1.54) is 0 Å². The van der Waals surface area contributed by atoms with E-state index >= 15 is 0 Å². The van der Waals surface area contributed by atoms with Crippen molar-refractivity contribution >= 4 is 11.7 Å². The van der Waals surface area contributed by atoms with Gasteiger partial charge in [-0.3, -0.25) is 4.79 Å². The molecule has 7 nitrogen and oxygen atoms in total. The highest BCUT2D eigenvalue weighted by Gasteiger charge is 2.27. The van der Waals surface area contributed by atoms with E-state index < -0.39 is 0 Å². The minimum atomic E-state index is -0.0372. The third kappa shape index (κ3) is 3.45. The average Bonchev–Trinajstić information content (AvgIpc) is 3.50. The van der Waals surface area contributed by atoms with Crippen LogP contribution in [-0.4, -0.2) is 51.8 Å². The number of furan rings is 1. The highest BCUT2D eigenvalue weighted by Crippen LogP contribution is 2.24. The van der Waals surface area contributed by atoms with Crippen LogP contribution in [0.3, 0.4) is 0 Å². The van der Waals surface area contributed by atoms with Gasteiger partial charge in [-0.2, -0.15) is 5.10 Å². The molecule has 3 aromatic heterocycles. The summed E-state index contributed by atoms with van der Waals surface area (Å²) < 4.78 is 7.20. The fourth-order valence-corrected chi connectivity index (χ4v) is 3.69. The van der Waals surface area contributed by atoms with E-state index in [0.29, 0.717) is 30.2 Å². The summed E-state index contributed by atoms with van der Waals surface area (Å²) in [5, 5.41) is 4.66. The van der Waals surface area contributed by atoms with Crippen molar-refractivity contribution in [3.63, 3.8) is 0 Å². The maximum Gasteiger partial charge on any atom is 0.272 e. The molecule has 1 aliphatic heterocycles. The first-order valence-corrected chi connectivity index (χ1v) is 9.94. The lowest BCUT2D eigenvalue weighted by atomic mass is 10.2. The lowest BCUT2D eigenvalue weighted by Gasteiger charge is -2.35. The predicted molar refractivity (Wildman–Crippen MR) is 114 cm³/mol. The molecule has 1 amide bonds. The first kappa shape index (κ1) is 18.2. The number of nitrogens with zero attached hydrogens (tertiary/aromatic N) is 5. The second-order valence-electron chi connectivity index (χ2n) is 7.11. The summed E-state index contributed by atoms with van der Waals surface area (Å²) in [6.07, 6.45) is 3.40. The van der Waals surface area contributed by atoms with Crippen LogP contribution < -0.4 is 4.90 Å². The molecule has 7 heteroatoms. The first-order chi connectivity index (χ1) is 14.8. The Hall–Kier alpha value is -3.87. The first-order valence-electron chi connectivity index (χ1n) is 9.94. The number of carbonyl (C=O) groups is 1. The van der Waals surface area contributed by atoms with Crippen molar-refractivity contribution in [1.29, 1.82) is 0 Å². The number of aromatic nitrogens is 3. The quantitative estimate of drug-likeness (QED) is 0.526. The van der Waals surface area contributed by atoms with Gasteiger partial charge in [-0.25, -0.2) is 9.67 Å². The Morgan fingerprint density at radius 2 is 1.70 bits per heavy atom. The van der Waals surface area contributed by atoms with Gasteiger partial charge in [-0.1, -0.05) is 24.3 Å². The van der Waals surface area contributed by atoms with E-state index in [4.69, 9.17) is 4.42 Å². The van der Waals surface area contributed by atoms with Gasteiger partial charge in [-0.15, -0.1) is 0 Å². The van der Waals surface area contributed by atoms with Crippen LogP contribution in [0.1, 0.15) is 10.5 Å². The Bertz CT molecular complexity index is 1120. The van der Waals surface area contributed by atoms with Crippen molar-refractivity contribution in [2.24, 2.45) is 0 Å². The minimum absolute atomic E-state index is 0.0372. The Kier molecular flexibility index (Phi) is 4.77. The van der Waals surface area contributed by atoms with Gasteiger partial charge in [0.2, 0.25) is 0 Å². The van der Waals surface area contributed by atoms with Gasteiger partial charge in [0.25, 0.3) is 5.91 Å². The fraction of sp³-hybridized carbons (Fsp3) is 0.174. The summed E-state index contributed by atoms with van der Waals surface area (Å²) in [5.41, 5.74) is 2.00. The number of para-hydroxylation sites is 1. The summed E-state index contributed by atoms with van der Waals surface area (Å²) in [6, 6.07) is 21.0. The molecule has 0 radical (unpaired) electrons. The number of hydrogen-bond donors (Lipinski definition) is 0. The Balaban J connectivity index is 1.41. The van der Waals surface area contributed by atoms with Crippen molar-refractivity contribution in [2.45, 2.75) is 0 Å². The number of carbonyl (C=O) groups excluding carboxylic acids is 1. The molecule has 5 rings (SSSR count). The molecule has 0 spiro atoms. The van der Waals surface area contributed by atoms with Gasteiger partial charge < -0.3 is 14.2 Å². The third-order valence-corrected chi connectivity index (χ3v) is 5.24. The molecule has 4 aromatic rings. The van der Waals surface area contributed by atoms with E-state index in [2.05, 4.69) is 15.0 Å². The maximum atomic E-state index is 13.4. The molecule has 0 bridgehead atoms. The largest absolute Gasteiger partial charge is 0.463 e. The number of benzene rings is 1. The molecule has 1 saturated heterocycles. The normalized spacial score (nSPS) is 14.1. The summed E-state index contributed by atoms with van der Waals surface area (Å²) in [5.74, 6) is 1.54. The van der Waals surface area contributed by atoms with E-state index in [9.17, 15) is 4.79 Å². The zero-order valence-electron chi connectivity index (χ0n) is 16.4. The maximum absolute atomic E-state index is 13.4. The smallest absolute Gasteiger partial charge is 0.272 e. The SMILES string of the molecule is O=C(c1cc(-c2ccco2)nn1-c1ccccc1)N1CCN(c2ccccn2)CC1. The second-order valence-corrected chi connectivity index (χ2v) is 7.11. The van der Waals surface area contributed by atoms with Gasteiger partial charge in [0, 0.05) is 38.4 Å². The Labute approximate surface area is 174 Å². The zero-order valence-corrected chi connectivity index (χ0v) is 16.4. The molecule has 0 aliphatic carbocycles. The standard InChI is InChI=1S/C23H21N5O2/c29-23(27-14-12-26(13-15-27)22-10-4-5-11-24-22)20-17-19(21-9-6-16-30-21)25-28(20)18-7-2-1-3-8-18/h1-11,16-17H,12-15H2. The monoisotopic (exact) mass is 399 g/mol. The second kappa shape index (κ2) is 7.87. The van der Waals surface area contributed by atoms with Crippen LogP contribution in [0.5, 0.6) is 0 Å². The van der Waals surface area contributed by atoms with Gasteiger partial charge in [0.1, 0.15) is 17.2 Å². The van der Waals surface area contributed by atoms with E-state index in [1.807, 2.05) is 65.6 Å². The Morgan fingerprint density at radius 3 is 2.40 bits per heavy atom. The molecule has 1 fully saturated rings. The van der Waals surface area contributed by atoms with Gasteiger partial charge >= 0.3 is 0 Å². The number of amides is 1. The van der Waals surface area contributed by atoms with Crippen molar-refractivity contribution < 1.29 is 9.21 Å². The lowest BCUT2D eigenvalue weighted by molar-refractivity contribution is 0.0737. The predicted octanol–water partition coefficient (Wildman–Crippen LogP) is 3.49. The van der Waals surface area contributed by atoms with Crippen LogP contribution in [-0.2, 0) is 0 Å². The van der Waals surface area contributed by atoms with Gasteiger partial charge in [0.05, 0.1) is 12.0 Å². The Morgan fingerprint density at radius 1 is 0.900 bits per heavy atom. The van der Waals surface area contributed by atoms with Gasteiger partial charge in [0.15, 0.2) is 5.76 Å². The van der Waals surface area contributed by atoms with Crippen molar-refractivity contribution in [3.8, 4) is 17.1 Å². The van der Waals surface area contributed by atoms with E-state index in [0.717, 1.165) is 24.6 Å². The number of piperazine rings is 1. The third-order valence-electron chi connectivity index (χ3n) is 5.24. The lowest BCUT2D eigenvalue weighted by Crippen LogP contribution is -2.49. The number of rotatable bonds is 4. The number of anilines is 1. The zero-order chi connectivity index (χ0) is 20.3. The van der Waals surface area contributed by atoms with E-state index in [-0.39, 0.29) is 5.91 Å². The van der Waals surface area contributed by atoms with Crippen LogP contribution >= 0.6 is 0 Å². The average molecular weight is 399 g/mol. The van der Waals surface area contributed by atoms with Crippen LogP contribution in [0.2, 0.25) is 0 Å². The summed E-state index contributed by atoms with van der Waals surface area (Å²) >= 11 is 0. The molecule has 1 aliphatic rings. The topological polar surface area (TPSA) is 67.4 Å². The number of hydrogen-bond acceptors (Lipinski definition) is 5. The number of pyridine rings is 1. The van der Waals surface area contributed by atoms with Gasteiger partial charge in [-0.05, 0) is 36.4 Å². The van der Waals surface area contributed by atoms with Crippen molar-refractivity contribution in [3.05, 3.63) is 84.9 Å². The van der Waals surface area contributed by atoms with Crippen LogP contribution in [0, 0.1) is 0 Å². The molecular weight excluding hydrogens is 378 g/mol. The fourth-order valence-electron chi connectivity index (χ4n) is 3.69. The molecule has 0 atom stereocenters. The van der Waals surface area contributed by atoms with Crippen LogP contribution in [0.4, 0.5) is 5.82 Å². The van der Waals surface area contributed by atoms with E-state index in [1.54, 1.807) is 23.2 Å². The molecule has 4 heterocycles. The highest BCUT2D eigenvalue weighted by molar-refractivity contribution is 5.94. The minimum Gasteiger partial charge on any atom is -0.463 e. The van der Waals surface area contributed by atoms with Crippen molar-refractivity contribution in [2.75, 3.05) is 31.1 Å². The molecule has 0 unspecified atom stereocenters. The molecule has 30 heavy (non-hydrogen) atoms. The van der Waals surface area contributed by atoms with Crippen molar-refractivity contribution in [1.82, 2.24) is 19.7 Å². The molecule has 1 aromatic carbocycles. The van der Waals surface area contributed by atoms with Crippen LogP contribution in [0.15, 0.2) is 83.6 Å². The molecular formula is C23H21N5O2. The summed E-state index contributed by atoms with van der Waals surface area (Å²) in [4.78, 5) is 21.9. The molecule has 0 saturated carbocycles. The summed E-state index contributed by atoms with van der Waals surface area (Å²) in [7, 11) is 0.